The van der Waals surface area contributed by atoms with Crippen LogP contribution in [0.4, 0.5) is 4.79 Å². The molecule has 2 heterocycles. The number of carbonyl (C=O) groups excluding carboxylic acids is 2. The summed E-state index contributed by atoms with van der Waals surface area (Å²) in [5.74, 6) is 1.56. The Balaban J connectivity index is 1.43. The number of nitrogens with zero attached hydrogens (tertiary/aromatic N) is 3. The zero-order valence-electron chi connectivity index (χ0n) is 18.9. The zero-order valence-corrected chi connectivity index (χ0v) is 17.9. The molecule has 30 heavy (non-hydrogen) atoms. The second-order valence-electron chi connectivity index (χ2n) is 8.30. The van der Waals surface area contributed by atoms with Crippen LogP contribution >= 0.6 is 0 Å². The van der Waals surface area contributed by atoms with E-state index < -0.39 is 18.1 Å². The van der Waals surface area contributed by atoms with Crippen LogP contribution in [0.2, 0.25) is 0 Å². The first kappa shape index (κ1) is 21.0. The van der Waals surface area contributed by atoms with E-state index in [-0.39, 0.29) is 12.7 Å². The van der Waals surface area contributed by atoms with Crippen LogP contribution < -0.4 is 10.6 Å². The largest absolute Gasteiger partial charge is 0.464 e. The fourth-order valence-corrected chi connectivity index (χ4v) is 4.40. The number of alkyl carbamates (subject to hydrolysis) is 1. The van der Waals surface area contributed by atoms with Gasteiger partial charge in [0.1, 0.15) is 12.1 Å². The third kappa shape index (κ3) is 6.65. The molecule has 1 aliphatic carbocycles. The molecule has 1 aromatic heterocycles. The van der Waals surface area contributed by atoms with Crippen LogP contribution in [0, 0.1) is 17.8 Å². The Morgan fingerprint density at radius 1 is 1.33 bits per heavy atom. The molecule has 0 unspecified atom stereocenters. The number of amides is 1. The molecule has 0 aromatic carbocycles. The van der Waals surface area contributed by atoms with Gasteiger partial charge >= 0.3 is 12.1 Å². The van der Waals surface area contributed by atoms with E-state index in [4.69, 9.17) is 10.8 Å². The molecule has 0 radical (unpaired) electrons. The number of hydrogen-bond acceptors (Lipinski definition) is 8. The monoisotopic (exact) mass is 423 g/mol. The molecule has 168 valence electrons. The highest BCUT2D eigenvalue weighted by molar-refractivity contribution is 5.76. The average Bonchev–Trinajstić information content (AvgIpc) is 3.25. The minimum Gasteiger partial charge on any atom is -0.464 e. The first-order valence-electron chi connectivity index (χ1n) is 11.5. The molecule has 2 fully saturated rings. The van der Waals surface area contributed by atoms with Crippen molar-refractivity contribution in [3.8, 4) is 0 Å². The van der Waals surface area contributed by atoms with Gasteiger partial charge in [-0.05, 0) is 63.8 Å². The van der Waals surface area contributed by atoms with Gasteiger partial charge in [-0.25, -0.2) is 4.79 Å². The maximum Gasteiger partial charge on any atom is 0.407 e. The Morgan fingerprint density at radius 3 is 2.97 bits per heavy atom. The van der Waals surface area contributed by atoms with Gasteiger partial charge < -0.3 is 20.1 Å². The van der Waals surface area contributed by atoms with E-state index in [9.17, 15) is 9.59 Å². The molecule has 1 saturated carbocycles. The SMILES string of the molecule is [2H][C@@]1(C(=O)OCC[C@@H](C)OC(=O)NCC)C[C@H]2C[C@@H](CCc3nn[nH]n3)CC[C@H]2CN1. The number of rotatable bonds is 9. The van der Waals surface area contributed by atoms with E-state index >= 15 is 0 Å². The number of H-pyrrole nitrogens is 1. The molecule has 0 spiro atoms. The van der Waals surface area contributed by atoms with Crippen LogP contribution in [0.25, 0.3) is 0 Å². The van der Waals surface area contributed by atoms with Crippen molar-refractivity contribution >= 4 is 12.1 Å². The predicted octanol–water partition coefficient (Wildman–Crippen LogP) is 1.59. The molecule has 10 heteroatoms. The third-order valence-electron chi connectivity index (χ3n) is 6.09. The number of nitrogens with one attached hydrogen (secondary N) is 3. The maximum absolute atomic E-state index is 12.6. The van der Waals surface area contributed by atoms with Crippen molar-refractivity contribution in [1.82, 2.24) is 31.3 Å². The van der Waals surface area contributed by atoms with Crippen molar-refractivity contribution in [3.05, 3.63) is 5.82 Å². The highest BCUT2D eigenvalue weighted by Crippen LogP contribution is 2.40. The van der Waals surface area contributed by atoms with Crippen LogP contribution in [-0.4, -0.2) is 64.5 Å². The highest BCUT2D eigenvalue weighted by atomic mass is 16.6. The fourth-order valence-electron chi connectivity index (χ4n) is 4.40. The smallest absolute Gasteiger partial charge is 0.407 e. The normalized spacial score (nSPS) is 29.9. The lowest BCUT2D eigenvalue weighted by atomic mass is 9.69. The molecule has 1 aliphatic heterocycles. The van der Waals surface area contributed by atoms with Crippen molar-refractivity contribution in [2.75, 3.05) is 19.7 Å². The molecule has 5 atom stereocenters. The Kier molecular flexibility index (Phi) is 7.88. The molecule has 2 aliphatic rings. The topological polar surface area (TPSA) is 131 Å². The number of ether oxygens (including phenoxy) is 2. The average molecular weight is 424 g/mol. The lowest BCUT2D eigenvalue weighted by Crippen LogP contribution is -2.50. The predicted molar refractivity (Wildman–Crippen MR) is 108 cm³/mol. The van der Waals surface area contributed by atoms with Gasteiger partial charge in [-0.15, -0.1) is 10.2 Å². The Bertz CT molecular complexity index is 721. The standard InChI is InChI=1S/C20H34N6O4/c1-3-21-20(28)30-13(2)8-9-29-19(27)17-11-16-10-14(4-6-15(16)12-22-17)5-7-18-23-25-26-24-18/h13-17,22H,3-12H2,1-2H3,(H,21,28)(H,23,24,25,26)/t13-,14-,15+,16-,17+/m1/s1/i17D. The summed E-state index contributed by atoms with van der Waals surface area (Å²) < 4.78 is 19.2. The lowest BCUT2D eigenvalue weighted by Gasteiger charge is -2.42. The third-order valence-corrected chi connectivity index (χ3v) is 6.09. The van der Waals surface area contributed by atoms with Gasteiger partial charge in [0, 0.05) is 19.4 Å². The van der Waals surface area contributed by atoms with Gasteiger partial charge in [0.2, 0.25) is 0 Å². The number of fused-ring (bicyclic) bond motifs is 1. The number of aromatic nitrogens is 4. The summed E-state index contributed by atoms with van der Waals surface area (Å²) in [6.45, 7) is 4.83. The summed E-state index contributed by atoms with van der Waals surface area (Å²) in [4.78, 5) is 24.1. The number of carbonyl (C=O) groups is 2. The molecule has 3 N–H and O–H groups in total. The Labute approximate surface area is 178 Å². The van der Waals surface area contributed by atoms with E-state index in [1.165, 1.54) is 0 Å². The van der Waals surface area contributed by atoms with Crippen molar-refractivity contribution in [2.45, 2.75) is 70.9 Å². The van der Waals surface area contributed by atoms with E-state index in [1.54, 1.807) is 6.92 Å². The zero-order chi connectivity index (χ0) is 22.3. The molecular weight excluding hydrogens is 388 g/mol. The number of aromatic amines is 1. The molecule has 10 nitrogen and oxygen atoms in total. The van der Waals surface area contributed by atoms with Gasteiger partial charge in [-0.3, -0.25) is 4.79 Å². The van der Waals surface area contributed by atoms with Gasteiger partial charge in [0.25, 0.3) is 0 Å². The van der Waals surface area contributed by atoms with Crippen LogP contribution in [0.5, 0.6) is 0 Å². The molecule has 1 saturated heterocycles. The van der Waals surface area contributed by atoms with Crippen molar-refractivity contribution in [1.29, 1.82) is 0 Å². The number of esters is 1. The van der Waals surface area contributed by atoms with Crippen molar-refractivity contribution in [3.63, 3.8) is 0 Å². The summed E-state index contributed by atoms with van der Waals surface area (Å²) in [6.07, 6.45) is 5.05. The van der Waals surface area contributed by atoms with Crippen molar-refractivity contribution < 1.29 is 20.4 Å². The summed E-state index contributed by atoms with van der Waals surface area (Å²) >= 11 is 0. The highest BCUT2D eigenvalue weighted by Gasteiger charge is 2.38. The number of aryl methyl sites for hydroxylation is 1. The summed E-state index contributed by atoms with van der Waals surface area (Å²) in [7, 11) is 0. The van der Waals surface area contributed by atoms with Crippen molar-refractivity contribution in [2.24, 2.45) is 17.8 Å². The number of tetrazole rings is 1. The minimum atomic E-state index is -1.42. The molecule has 3 rings (SSSR count). The molecular formula is C20H34N6O4. The number of hydrogen-bond donors (Lipinski definition) is 3. The van der Waals surface area contributed by atoms with Gasteiger partial charge in [0.15, 0.2) is 5.82 Å². The maximum atomic E-state index is 12.6. The van der Waals surface area contributed by atoms with Crippen LogP contribution in [-0.2, 0) is 20.7 Å². The first-order valence-corrected chi connectivity index (χ1v) is 11.0. The van der Waals surface area contributed by atoms with Gasteiger partial charge in [0.05, 0.1) is 7.98 Å². The van der Waals surface area contributed by atoms with Crippen LogP contribution in [0.15, 0.2) is 0 Å². The van der Waals surface area contributed by atoms with Gasteiger partial charge in [-0.2, -0.15) is 5.21 Å². The van der Waals surface area contributed by atoms with E-state index in [1.807, 2.05) is 6.92 Å². The second kappa shape index (κ2) is 11.2. The van der Waals surface area contributed by atoms with E-state index in [2.05, 4.69) is 31.3 Å². The quantitative estimate of drug-likeness (QED) is 0.510. The second-order valence-corrected chi connectivity index (χ2v) is 8.30. The fraction of sp³-hybridized carbons (Fsp3) is 0.850. The molecule has 0 bridgehead atoms. The molecule has 1 amide bonds. The summed E-state index contributed by atoms with van der Waals surface area (Å²) in [5, 5.41) is 19.8. The Hall–Kier alpha value is -2.23. The molecule has 1 aromatic rings. The summed E-state index contributed by atoms with van der Waals surface area (Å²) in [6, 6.07) is -1.42. The van der Waals surface area contributed by atoms with E-state index in [0.29, 0.717) is 43.7 Å². The number of piperidine rings is 1. The minimum absolute atomic E-state index is 0.114. The van der Waals surface area contributed by atoms with Crippen LogP contribution in [0.3, 0.4) is 0 Å². The first-order chi connectivity index (χ1) is 14.9. The lowest BCUT2D eigenvalue weighted by molar-refractivity contribution is -0.148. The van der Waals surface area contributed by atoms with Gasteiger partial charge in [-0.1, -0.05) is 11.6 Å². The summed E-state index contributed by atoms with van der Waals surface area (Å²) in [5.41, 5.74) is 0. The van der Waals surface area contributed by atoms with Crippen LogP contribution in [0.1, 0.15) is 59.6 Å². The Morgan fingerprint density at radius 2 is 2.20 bits per heavy atom. The van der Waals surface area contributed by atoms with E-state index in [0.717, 1.165) is 37.9 Å².